The summed E-state index contributed by atoms with van der Waals surface area (Å²) < 4.78 is 22.2. The number of aromatic nitrogens is 1. The third-order valence-corrected chi connectivity index (χ3v) is 3.36. The zero-order chi connectivity index (χ0) is 12.9. The van der Waals surface area contributed by atoms with Gasteiger partial charge in [0.25, 0.3) is 0 Å². The maximum absolute atomic E-state index is 11.1. The first-order chi connectivity index (χ1) is 7.94. The summed E-state index contributed by atoms with van der Waals surface area (Å²) in [6.07, 6.45) is 3.68. The summed E-state index contributed by atoms with van der Waals surface area (Å²) in [5.74, 6) is 0.934. The van der Waals surface area contributed by atoms with Gasteiger partial charge in [0, 0.05) is 26.0 Å². The first-order valence-corrected chi connectivity index (χ1v) is 7.53. The van der Waals surface area contributed by atoms with Gasteiger partial charge in [-0.05, 0) is 24.6 Å². The van der Waals surface area contributed by atoms with E-state index in [9.17, 15) is 8.42 Å². The van der Waals surface area contributed by atoms with Crippen molar-refractivity contribution in [1.29, 1.82) is 0 Å². The van der Waals surface area contributed by atoms with Gasteiger partial charge in [0.1, 0.15) is 15.7 Å². The Labute approximate surface area is 103 Å². The minimum Gasteiger partial charge on any atom is -0.358 e. The van der Waals surface area contributed by atoms with Gasteiger partial charge in [0.15, 0.2) is 0 Å². The molecule has 17 heavy (non-hydrogen) atoms. The van der Waals surface area contributed by atoms with Gasteiger partial charge < -0.3 is 10.6 Å². The van der Waals surface area contributed by atoms with Crippen LogP contribution in [0.3, 0.4) is 0 Å². The predicted octanol–water partition coefficient (Wildman–Crippen LogP) is 0.0636. The Morgan fingerprint density at radius 1 is 1.47 bits per heavy atom. The average Bonchev–Trinajstić information content (AvgIpc) is 2.26. The second-order valence-electron chi connectivity index (χ2n) is 4.08. The van der Waals surface area contributed by atoms with Gasteiger partial charge in [-0.25, -0.2) is 13.4 Å². The van der Waals surface area contributed by atoms with E-state index in [0.29, 0.717) is 13.1 Å². The van der Waals surface area contributed by atoms with E-state index < -0.39 is 9.84 Å². The molecule has 0 atom stereocenters. The molecule has 0 bridgehead atoms. The maximum Gasteiger partial charge on any atom is 0.149 e. The van der Waals surface area contributed by atoms with Crippen LogP contribution in [0.4, 0.5) is 5.82 Å². The number of sulfone groups is 1. The highest BCUT2D eigenvalue weighted by molar-refractivity contribution is 7.90. The summed E-state index contributed by atoms with van der Waals surface area (Å²) in [6.45, 7) is 0.992. The topological polar surface area (TPSA) is 76.3 Å². The third kappa shape index (κ3) is 4.70. The van der Waals surface area contributed by atoms with Crippen LogP contribution in [0.15, 0.2) is 18.3 Å². The van der Waals surface area contributed by atoms with E-state index in [1.807, 2.05) is 24.1 Å². The molecule has 5 nitrogen and oxygen atoms in total. The second kappa shape index (κ2) is 5.97. The summed E-state index contributed by atoms with van der Waals surface area (Å²) in [5, 5.41) is 0. The van der Waals surface area contributed by atoms with Crippen molar-refractivity contribution in [3.8, 4) is 0 Å². The molecule has 1 aromatic heterocycles. The Kier molecular flexibility index (Phi) is 4.89. The molecule has 1 rings (SSSR count). The highest BCUT2D eigenvalue weighted by Crippen LogP contribution is 2.15. The lowest BCUT2D eigenvalue weighted by Crippen LogP contribution is -2.27. The number of nitrogens with two attached hydrogens (primary N) is 1. The smallest absolute Gasteiger partial charge is 0.149 e. The second-order valence-corrected chi connectivity index (χ2v) is 6.34. The van der Waals surface area contributed by atoms with Crippen LogP contribution >= 0.6 is 0 Å². The van der Waals surface area contributed by atoms with E-state index in [1.165, 1.54) is 6.26 Å². The zero-order valence-corrected chi connectivity index (χ0v) is 11.1. The fourth-order valence-electron chi connectivity index (χ4n) is 1.53. The lowest BCUT2D eigenvalue weighted by molar-refractivity contribution is 0.601. The standard InChI is InChI=1S/C11H19N3O2S/c1-14(8-9-17(2,15)16)11-10(5-6-12)4-3-7-13-11/h3-4,7H,5-6,8-9,12H2,1-2H3. The molecule has 0 aromatic carbocycles. The van der Waals surface area contributed by atoms with Crippen molar-refractivity contribution >= 4 is 15.7 Å². The lowest BCUT2D eigenvalue weighted by atomic mass is 10.2. The number of anilines is 1. The molecule has 0 saturated carbocycles. The first-order valence-electron chi connectivity index (χ1n) is 5.47. The molecule has 1 aromatic rings. The Balaban J connectivity index is 2.77. The molecular weight excluding hydrogens is 238 g/mol. The lowest BCUT2D eigenvalue weighted by Gasteiger charge is -2.20. The van der Waals surface area contributed by atoms with Crippen molar-refractivity contribution in [3.63, 3.8) is 0 Å². The number of pyridine rings is 1. The SMILES string of the molecule is CN(CCS(C)(=O)=O)c1ncccc1CCN. The molecule has 0 spiro atoms. The van der Waals surface area contributed by atoms with Crippen molar-refractivity contribution in [1.82, 2.24) is 4.98 Å². The fraction of sp³-hybridized carbons (Fsp3) is 0.545. The molecule has 1 heterocycles. The number of hydrogen-bond donors (Lipinski definition) is 1. The molecule has 0 aliphatic carbocycles. The summed E-state index contributed by atoms with van der Waals surface area (Å²) in [6, 6.07) is 3.82. The molecule has 0 radical (unpaired) electrons. The molecule has 0 fully saturated rings. The van der Waals surface area contributed by atoms with E-state index in [0.717, 1.165) is 17.8 Å². The van der Waals surface area contributed by atoms with Gasteiger partial charge >= 0.3 is 0 Å². The van der Waals surface area contributed by atoms with Crippen LogP contribution in [-0.4, -0.2) is 45.5 Å². The van der Waals surface area contributed by atoms with Crippen LogP contribution in [0.25, 0.3) is 0 Å². The largest absolute Gasteiger partial charge is 0.358 e. The molecular formula is C11H19N3O2S. The van der Waals surface area contributed by atoms with Crippen molar-refractivity contribution < 1.29 is 8.42 Å². The molecule has 2 N–H and O–H groups in total. The summed E-state index contributed by atoms with van der Waals surface area (Å²) >= 11 is 0. The zero-order valence-electron chi connectivity index (χ0n) is 10.3. The fourth-order valence-corrected chi connectivity index (χ4v) is 2.14. The molecule has 0 unspecified atom stereocenters. The average molecular weight is 257 g/mol. The van der Waals surface area contributed by atoms with E-state index in [4.69, 9.17) is 5.73 Å². The number of nitrogens with zero attached hydrogens (tertiary/aromatic N) is 2. The minimum absolute atomic E-state index is 0.127. The summed E-state index contributed by atoms with van der Waals surface area (Å²) in [5.41, 5.74) is 6.58. The Bertz CT molecular complexity index is 460. The molecule has 0 saturated heterocycles. The normalized spacial score (nSPS) is 11.5. The van der Waals surface area contributed by atoms with E-state index in [2.05, 4.69) is 4.98 Å². The van der Waals surface area contributed by atoms with Gasteiger partial charge in [-0.15, -0.1) is 0 Å². The highest BCUT2D eigenvalue weighted by atomic mass is 32.2. The van der Waals surface area contributed by atoms with Crippen molar-refractivity contribution in [3.05, 3.63) is 23.9 Å². The number of hydrogen-bond acceptors (Lipinski definition) is 5. The van der Waals surface area contributed by atoms with Gasteiger partial charge in [-0.2, -0.15) is 0 Å². The molecule has 6 heteroatoms. The Morgan fingerprint density at radius 3 is 2.76 bits per heavy atom. The quantitative estimate of drug-likeness (QED) is 0.780. The van der Waals surface area contributed by atoms with Gasteiger partial charge in [0.2, 0.25) is 0 Å². The van der Waals surface area contributed by atoms with Crippen LogP contribution < -0.4 is 10.6 Å². The highest BCUT2D eigenvalue weighted by Gasteiger charge is 2.10. The molecule has 0 amide bonds. The van der Waals surface area contributed by atoms with Crippen LogP contribution in [0, 0.1) is 0 Å². The Morgan fingerprint density at radius 2 is 2.18 bits per heavy atom. The number of rotatable bonds is 6. The predicted molar refractivity (Wildman–Crippen MR) is 70.0 cm³/mol. The minimum atomic E-state index is -2.95. The summed E-state index contributed by atoms with van der Waals surface area (Å²) in [4.78, 5) is 6.13. The van der Waals surface area contributed by atoms with E-state index in [-0.39, 0.29) is 5.75 Å². The third-order valence-electron chi connectivity index (χ3n) is 2.44. The molecule has 0 aliphatic heterocycles. The van der Waals surface area contributed by atoms with E-state index >= 15 is 0 Å². The first kappa shape index (κ1) is 13.9. The van der Waals surface area contributed by atoms with Crippen LogP contribution in [0.5, 0.6) is 0 Å². The van der Waals surface area contributed by atoms with Crippen molar-refractivity contribution in [2.24, 2.45) is 5.73 Å². The maximum atomic E-state index is 11.1. The monoisotopic (exact) mass is 257 g/mol. The molecule has 0 aliphatic rings. The summed E-state index contributed by atoms with van der Waals surface area (Å²) in [7, 11) is -1.11. The van der Waals surface area contributed by atoms with Gasteiger partial charge in [-0.1, -0.05) is 6.07 Å². The molecule has 96 valence electrons. The Hall–Kier alpha value is -1.14. The van der Waals surface area contributed by atoms with Crippen LogP contribution in [0.1, 0.15) is 5.56 Å². The van der Waals surface area contributed by atoms with Crippen LogP contribution in [-0.2, 0) is 16.3 Å². The van der Waals surface area contributed by atoms with Crippen LogP contribution in [0.2, 0.25) is 0 Å². The van der Waals surface area contributed by atoms with E-state index in [1.54, 1.807) is 6.20 Å². The van der Waals surface area contributed by atoms with Gasteiger partial charge in [0.05, 0.1) is 5.75 Å². The van der Waals surface area contributed by atoms with Gasteiger partial charge in [-0.3, -0.25) is 0 Å². The van der Waals surface area contributed by atoms with Crippen molar-refractivity contribution in [2.75, 3.05) is 37.0 Å². The van der Waals surface area contributed by atoms with Crippen molar-refractivity contribution in [2.45, 2.75) is 6.42 Å².